The Balaban J connectivity index is 2.28. The molecule has 2 nitrogen and oxygen atoms in total. The fourth-order valence-corrected chi connectivity index (χ4v) is 2.40. The maximum Gasteiger partial charge on any atom is 0.416 e. The van der Waals surface area contributed by atoms with Crippen LogP contribution in [-0.2, 0) is 10.9 Å². The van der Waals surface area contributed by atoms with Gasteiger partial charge in [0, 0.05) is 12.0 Å². The van der Waals surface area contributed by atoms with Crippen molar-refractivity contribution in [2.45, 2.75) is 31.7 Å². The number of halogens is 3. The molecule has 0 amide bonds. The molecule has 0 radical (unpaired) electrons. The van der Waals surface area contributed by atoms with Gasteiger partial charge in [-0.25, -0.2) is 0 Å². The first-order chi connectivity index (χ1) is 8.39. The molecule has 100 valence electrons. The smallest absolute Gasteiger partial charge is 0.378 e. The molecule has 0 bridgehead atoms. The second-order valence-electron chi connectivity index (χ2n) is 4.75. The van der Waals surface area contributed by atoms with Gasteiger partial charge in [0.05, 0.1) is 18.3 Å². The molecule has 0 aliphatic carbocycles. The number of rotatable bonds is 2. The van der Waals surface area contributed by atoms with Crippen molar-refractivity contribution in [1.82, 2.24) is 0 Å². The molecule has 5 heteroatoms. The van der Waals surface area contributed by atoms with Gasteiger partial charge in [-0.2, -0.15) is 13.2 Å². The Morgan fingerprint density at radius 2 is 2.00 bits per heavy atom. The molecule has 0 saturated carbocycles. The fraction of sp³-hybridized carbons (Fsp3) is 0.538. The number of benzene rings is 1. The third-order valence-electron chi connectivity index (χ3n) is 3.36. The fourth-order valence-electron chi connectivity index (χ4n) is 2.40. The standard InChI is InChI=1S/C13H16F3NO/c1-8-6-9(7-18-8)12(17)10-4-2-3-5-11(10)13(14,15)16/h2-5,8-9,12H,6-7,17H2,1H3. The number of hydrogen-bond acceptors (Lipinski definition) is 2. The first-order valence-corrected chi connectivity index (χ1v) is 5.93. The molecule has 0 aromatic heterocycles. The average molecular weight is 259 g/mol. The van der Waals surface area contributed by atoms with Crippen molar-refractivity contribution in [2.24, 2.45) is 11.7 Å². The van der Waals surface area contributed by atoms with Crippen molar-refractivity contribution in [2.75, 3.05) is 6.61 Å². The molecule has 1 aromatic rings. The van der Waals surface area contributed by atoms with Gasteiger partial charge in [-0.1, -0.05) is 18.2 Å². The number of hydrogen-bond donors (Lipinski definition) is 1. The van der Waals surface area contributed by atoms with Crippen LogP contribution in [0, 0.1) is 5.92 Å². The van der Waals surface area contributed by atoms with Gasteiger partial charge in [-0.15, -0.1) is 0 Å². The molecule has 18 heavy (non-hydrogen) atoms. The van der Waals surface area contributed by atoms with E-state index in [-0.39, 0.29) is 17.6 Å². The van der Waals surface area contributed by atoms with Gasteiger partial charge < -0.3 is 10.5 Å². The lowest BCUT2D eigenvalue weighted by Crippen LogP contribution is -2.25. The highest BCUT2D eigenvalue weighted by atomic mass is 19.4. The predicted octanol–water partition coefficient (Wildman–Crippen LogP) is 3.13. The van der Waals surface area contributed by atoms with Gasteiger partial charge in [0.2, 0.25) is 0 Å². The minimum absolute atomic E-state index is 0.0523. The molecular weight excluding hydrogens is 243 g/mol. The van der Waals surface area contributed by atoms with Gasteiger partial charge in [-0.05, 0) is 25.0 Å². The van der Waals surface area contributed by atoms with Gasteiger partial charge >= 0.3 is 6.18 Å². The zero-order valence-electron chi connectivity index (χ0n) is 10.1. The monoisotopic (exact) mass is 259 g/mol. The zero-order valence-corrected chi connectivity index (χ0v) is 10.1. The highest BCUT2D eigenvalue weighted by molar-refractivity contribution is 5.32. The van der Waals surface area contributed by atoms with E-state index < -0.39 is 17.8 Å². The van der Waals surface area contributed by atoms with Crippen molar-refractivity contribution in [3.05, 3.63) is 35.4 Å². The van der Waals surface area contributed by atoms with Crippen LogP contribution in [0.3, 0.4) is 0 Å². The summed E-state index contributed by atoms with van der Waals surface area (Å²) in [6.07, 6.45) is -3.59. The number of ether oxygens (including phenoxy) is 1. The quantitative estimate of drug-likeness (QED) is 0.885. The lowest BCUT2D eigenvalue weighted by Gasteiger charge is -2.22. The van der Waals surface area contributed by atoms with Crippen LogP contribution in [0.1, 0.15) is 30.5 Å². The van der Waals surface area contributed by atoms with Crippen LogP contribution in [0.25, 0.3) is 0 Å². The van der Waals surface area contributed by atoms with E-state index in [1.807, 2.05) is 6.92 Å². The average Bonchev–Trinajstić information content (AvgIpc) is 2.74. The maximum absolute atomic E-state index is 12.9. The van der Waals surface area contributed by atoms with E-state index in [0.717, 1.165) is 6.07 Å². The van der Waals surface area contributed by atoms with Crippen molar-refractivity contribution in [1.29, 1.82) is 0 Å². The highest BCUT2D eigenvalue weighted by Gasteiger charge is 2.37. The molecule has 0 spiro atoms. The Kier molecular flexibility index (Phi) is 3.64. The molecule has 1 aromatic carbocycles. The largest absolute Gasteiger partial charge is 0.416 e. The normalized spacial score (nSPS) is 26.3. The van der Waals surface area contributed by atoms with Crippen LogP contribution < -0.4 is 5.73 Å². The summed E-state index contributed by atoms with van der Waals surface area (Å²) >= 11 is 0. The summed E-state index contributed by atoms with van der Waals surface area (Å²) < 4.78 is 44.0. The summed E-state index contributed by atoms with van der Waals surface area (Å²) in [7, 11) is 0. The summed E-state index contributed by atoms with van der Waals surface area (Å²) in [6.45, 7) is 2.33. The van der Waals surface area contributed by atoms with Gasteiger partial charge in [0.1, 0.15) is 0 Å². The van der Waals surface area contributed by atoms with Crippen LogP contribution in [0.4, 0.5) is 13.2 Å². The van der Waals surface area contributed by atoms with Gasteiger partial charge in [-0.3, -0.25) is 0 Å². The van der Waals surface area contributed by atoms with Crippen molar-refractivity contribution >= 4 is 0 Å². The molecular formula is C13H16F3NO. The van der Waals surface area contributed by atoms with Crippen LogP contribution in [-0.4, -0.2) is 12.7 Å². The van der Waals surface area contributed by atoms with E-state index in [4.69, 9.17) is 10.5 Å². The molecule has 1 fully saturated rings. The third-order valence-corrected chi connectivity index (χ3v) is 3.36. The Morgan fingerprint density at radius 3 is 2.56 bits per heavy atom. The molecule has 1 aliphatic rings. The van der Waals surface area contributed by atoms with Gasteiger partial charge in [0.15, 0.2) is 0 Å². The summed E-state index contributed by atoms with van der Waals surface area (Å²) in [5, 5.41) is 0. The first kappa shape index (κ1) is 13.4. The molecule has 2 rings (SSSR count). The van der Waals surface area contributed by atoms with Crippen LogP contribution in [0.5, 0.6) is 0 Å². The van der Waals surface area contributed by atoms with Crippen LogP contribution in [0.15, 0.2) is 24.3 Å². The SMILES string of the molecule is CC1CC(C(N)c2ccccc2C(F)(F)F)CO1. The Hall–Kier alpha value is -1.07. The number of alkyl halides is 3. The minimum atomic E-state index is -4.36. The third kappa shape index (κ3) is 2.67. The summed E-state index contributed by atoms with van der Waals surface area (Å²) in [5.41, 5.74) is 5.50. The topological polar surface area (TPSA) is 35.2 Å². The number of nitrogens with two attached hydrogens (primary N) is 1. The Bertz CT molecular complexity index is 419. The second kappa shape index (κ2) is 4.90. The van der Waals surface area contributed by atoms with E-state index in [2.05, 4.69) is 0 Å². The molecule has 2 N–H and O–H groups in total. The second-order valence-corrected chi connectivity index (χ2v) is 4.75. The summed E-state index contributed by atoms with van der Waals surface area (Å²) in [4.78, 5) is 0. The predicted molar refractivity (Wildman–Crippen MR) is 61.9 cm³/mol. The van der Waals surface area contributed by atoms with Crippen molar-refractivity contribution < 1.29 is 17.9 Å². The molecule has 1 heterocycles. The maximum atomic E-state index is 12.9. The zero-order chi connectivity index (χ0) is 13.3. The first-order valence-electron chi connectivity index (χ1n) is 5.93. The highest BCUT2D eigenvalue weighted by Crippen LogP contribution is 2.38. The van der Waals surface area contributed by atoms with E-state index in [1.165, 1.54) is 12.1 Å². The summed E-state index contributed by atoms with van der Waals surface area (Å²) in [6, 6.07) is 4.87. The lowest BCUT2D eigenvalue weighted by atomic mass is 9.89. The van der Waals surface area contributed by atoms with E-state index in [1.54, 1.807) is 6.07 Å². The lowest BCUT2D eigenvalue weighted by molar-refractivity contribution is -0.138. The minimum Gasteiger partial charge on any atom is -0.378 e. The van der Waals surface area contributed by atoms with Crippen molar-refractivity contribution in [3.63, 3.8) is 0 Å². The van der Waals surface area contributed by atoms with Crippen LogP contribution >= 0.6 is 0 Å². The summed E-state index contributed by atoms with van der Waals surface area (Å²) in [5.74, 6) is -0.0523. The van der Waals surface area contributed by atoms with Gasteiger partial charge in [0.25, 0.3) is 0 Å². The molecule has 1 aliphatic heterocycles. The van der Waals surface area contributed by atoms with Crippen LogP contribution in [0.2, 0.25) is 0 Å². The molecule has 3 unspecified atom stereocenters. The van der Waals surface area contributed by atoms with E-state index in [0.29, 0.717) is 13.0 Å². The Morgan fingerprint density at radius 1 is 1.33 bits per heavy atom. The molecule has 1 saturated heterocycles. The van der Waals surface area contributed by atoms with Crippen molar-refractivity contribution in [3.8, 4) is 0 Å². The van der Waals surface area contributed by atoms with E-state index in [9.17, 15) is 13.2 Å². The molecule has 3 atom stereocenters. The Labute approximate surface area is 104 Å². The van der Waals surface area contributed by atoms with E-state index >= 15 is 0 Å².